The summed E-state index contributed by atoms with van der Waals surface area (Å²) >= 11 is 5.18. The van der Waals surface area contributed by atoms with Gasteiger partial charge in [0.1, 0.15) is 5.01 Å². The molecule has 0 saturated carbocycles. The molecule has 1 aromatic carbocycles. The van der Waals surface area contributed by atoms with Crippen LogP contribution in [0.2, 0.25) is 0 Å². The Labute approximate surface area is 107 Å². The van der Waals surface area contributed by atoms with Crippen LogP contribution in [0.3, 0.4) is 0 Å². The highest BCUT2D eigenvalue weighted by Gasteiger charge is 2.05. The third kappa shape index (κ3) is 2.51. The summed E-state index contributed by atoms with van der Waals surface area (Å²) in [7, 11) is 1.68. The Hall–Kier alpha value is -0.710. The molecule has 1 aromatic heterocycles. The monoisotopic (exact) mass is 297 g/mol. The van der Waals surface area contributed by atoms with Crippen LogP contribution in [0.5, 0.6) is 0 Å². The third-order valence-corrected chi connectivity index (χ3v) is 4.06. The number of hydrogen-bond donors (Lipinski definition) is 0. The number of rotatable bonds is 3. The molecule has 84 valence electrons. The zero-order valence-corrected chi connectivity index (χ0v) is 11.6. The van der Waals surface area contributed by atoms with Gasteiger partial charge in [0.05, 0.1) is 12.3 Å². The summed E-state index contributed by atoms with van der Waals surface area (Å²) in [5.74, 6) is 0. The van der Waals surface area contributed by atoms with Crippen molar-refractivity contribution in [1.29, 1.82) is 0 Å². The van der Waals surface area contributed by atoms with Gasteiger partial charge in [0.25, 0.3) is 0 Å². The van der Waals surface area contributed by atoms with Crippen LogP contribution in [0.1, 0.15) is 11.3 Å². The van der Waals surface area contributed by atoms with Crippen LogP contribution in [0.25, 0.3) is 10.6 Å². The molecule has 2 nitrogen and oxygen atoms in total. The van der Waals surface area contributed by atoms with Gasteiger partial charge in [0, 0.05) is 22.5 Å². The number of thiazole rings is 1. The van der Waals surface area contributed by atoms with Gasteiger partial charge >= 0.3 is 0 Å². The SMILES string of the molecule is COCc1csc(-c2ccc(C)c(Br)c2)n1. The molecule has 0 spiro atoms. The van der Waals surface area contributed by atoms with Crippen LogP contribution in [0, 0.1) is 6.92 Å². The van der Waals surface area contributed by atoms with Crippen LogP contribution in [-0.2, 0) is 11.3 Å². The fourth-order valence-corrected chi connectivity index (χ4v) is 2.56. The number of nitrogens with zero attached hydrogens (tertiary/aromatic N) is 1. The molecule has 1 heterocycles. The minimum atomic E-state index is 0.573. The van der Waals surface area contributed by atoms with Crippen molar-refractivity contribution >= 4 is 27.3 Å². The lowest BCUT2D eigenvalue weighted by molar-refractivity contribution is 0.182. The second-order valence-corrected chi connectivity index (χ2v) is 5.25. The average Bonchev–Trinajstić information content (AvgIpc) is 2.71. The largest absolute Gasteiger partial charge is 0.378 e. The van der Waals surface area contributed by atoms with Gasteiger partial charge in [0.15, 0.2) is 0 Å². The highest BCUT2D eigenvalue weighted by molar-refractivity contribution is 9.10. The van der Waals surface area contributed by atoms with Gasteiger partial charge in [-0.25, -0.2) is 4.98 Å². The van der Waals surface area contributed by atoms with E-state index in [1.807, 2.05) is 5.38 Å². The van der Waals surface area contributed by atoms with Crippen molar-refractivity contribution in [3.05, 3.63) is 39.3 Å². The summed E-state index contributed by atoms with van der Waals surface area (Å²) < 4.78 is 6.17. The first-order valence-corrected chi connectivity index (χ1v) is 6.58. The highest BCUT2D eigenvalue weighted by Crippen LogP contribution is 2.28. The first kappa shape index (κ1) is 11.8. The molecule has 16 heavy (non-hydrogen) atoms. The smallest absolute Gasteiger partial charge is 0.123 e. The molecule has 0 aliphatic carbocycles. The van der Waals surface area contributed by atoms with E-state index in [0.29, 0.717) is 6.61 Å². The van der Waals surface area contributed by atoms with E-state index in [9.17, 15) is 0 Å². The van der Waals surface area contributed by atoms with E-state index < -0.39 is 0 Å². The average molecular weight is 298 g/mol. The van der Waals surface area contributed by atoms with Gasteiger partial charge < -0.3 is 4.74 Å². The quantitative estimate of drug-likeness (QED) is 0.853. The van der Waals surface area contributed by atoms with Crippen LogP contribution < -0.4 is 0 Å². The fourth-order valence-electron chi connectivity index (χ4n) is 1.38. The van der Waals surface area contributed by atoms with Crippen molar-refractivity contribution in [2.75, 3.05) is 7.11 Å². The van der Waals surface area contributed by atoms with E-state index in [2.05, 4.69) is 46.0 Å². The van der Waals surface area contributed by atoms with Crippen LogP contribution >= 0.6 is 27.3 Å². The second kappa shape index (κ2) is 5.08. The first-order valence-electron chi connectivity index (χ1n) is 4.90. The van der Waals surface area contributed by atoms with Gasteiger partial charge in [-0.05, 0) is 18.6 Å². The van der Waals surface area contributed by atoms with Crippen LogP contribution in [0.15, 0.2) is 28.1 Å². The molecule has 0 saturated heterocycles. The fraction of sp³-hybridized carbons (Fsp3) is 0.250. The number of ether oxygens (including phenoxy) is 1. The van der Waals surface area contributed by atoms with Gasteiger partial charge in [-0.15, -0.1) is 11.3 Å². The van der Waals surface area contributed by atoms with Gasteiger partial charge in [-0.2, -0.15) is 0 Å². The van der Waals surface area contributed by atoms with Gasteiger partial charge in [-0.1, -0.05) is 28.1 Å². The molecule has 0 bridgehead atoms. The molecule has 0 fully saturated rings. The van der Waals surface area contributed by atoms with Crippen LogP contribution in [0.4, 0.5) is 0 Å². The number of hydrogen-bond acceptors (Lipinski definition) is 3. The first-order chi connectivity index (χ1) is 7.70. The maximum absolute atomic E-state index is 5.05. The predicted octanol–water partition coefficient (Wildman–Crippen LogP) is 4.03. The zero-order valence-electron chi connectivity index (χ0n) is 9.16. The summed E-state index contributed by atoms with van der Waals surface area (Å²) in [4.78, 5) is 4.51. The van der Waals surface area contributed by atoms with E-state index in [4.69, 9.17) is 4.74 Å². The Morgan fingerprint density at radius 1 is 1.44 bits per heavy atom. The van der Waals surface area contributed by atoms with Crippen molar-refractivity contribution in [1.82, 2.24) is 4.98 Å². The topological polar surface area (TPSA) is 22.1 Å². The maximum Gasteiger partial charge on any atom is 0.123 e. The summed E-state index contributed by atoms with van der Waals surface area (Å²) in [5.41, 5.74) is 3.36. The van der Waals surface area contributed by atoms with E-state index in [-0.39, 0.29) is 0 Å². The second-order valence-electron chi connectivity index (χ2n) is 3.54. The molecule has 0 aliphatic rings. The Morgan fingerprint density at radius 2 is 2.25 bits per heavy atom. The Balaban J connectivity index is 2.31. The summed E-state index contributed by atoms with van der Waals surface area (Å²) in [6.07, 6.45) is 0. The molecule has 0 aliphatic heterocycles. The summed E-state index contributed by atoms with van der Waals surface area (Å²) in [6.45, 7) is 2.65. The standard InChI is InChI=1S/C12H12BrNOS/c1-8-3-4-9(5-11(8)13)12-14-10(6-15-2)7-16-12/h3-5,7H,6H2,1-2H3. The molecule has 4 heteroatoms. The summed E-state index contributed by atoms with van der Waals surface area (Å²) in [5, 5.41) is 3.07. The normalized spacial score (nSPS) is 10.7. The van der Waals surface area contributed by atoms with Crippen LogP contribution in [-0.4, -0.2) is 12.1 Å². The number of halogens is 1. The van der Waals surface area contributed by atoms with Gasteiger partial charge in [-0.3, -0.25) is 0 Å². The molecule has 0 amide bonds. The minimum absolute atomic E-state index is 0.573. The Morgan fingerprint density at radius 3 is 2.94 bits per heavy atom. The van der Waals surface area contributed by atoms with Crippen molar-refractivity contribution < 1.29 is 4.74 Å². The van der Waals surface area contributed by atoms with Gasteiger partial charge in [0.2, 0.25) is 0 Å². The van der Waals surface area contributed by atoms with E-state index >= 15 is 0 Å². The molecule has 2 aromatic rings. The van der Waals surface area contributed by atoms with Crippen molar-refractivity contribution in [3.8, 4) is 10.6 Å². The minimum Gasteiger partial charge on any atom is -0.378 e. The van der Waals surface area contributed by atoms with E-state index in [0.717, 1.165) is 20.7 Å². The van der Waals surface area contributed by atoms with Crippen molar-refractivity contribution in [3.63, 3.8) is 0 Å². The highest BCUT2D eigenvalue weighted by atomic mass is 79.9. The Kier molecular flexibility index (Phi) is 3.74. The lowest BCUT2D eigenvalue weighted by Crippen LogP contribution is -1.87. The molecule has 0 unspecified atom stereocenters. The maximum atomic E-state index is 5.05. The number of aryl methyl sites for hydroxylation is 1. The number of benzene rings is 1. The molecular weight excluding hydrogens is 286 g/mol. The number of aromatic nitrogens is 1. The zero-order chi connectivity index (χ0) is 11.5. The molecule has 0 atom stereocenters. The van der Waals surface area contributed by atoms with E-state index in [1.54, 1.807) is 18.4 Å². The molecule has 0 radical (unpaired) electrons. The molecular formula is C12H12BrNOS. The third-order valence-electron chi connectivity index (χ3n) is 2.26. The van der Waals surface area contributed by atoms with Crippen molar-refractivity contribution in [2.24, 2.45) is 0 Å². The predicted molar refractivity (Wildman–Crippen MR) is 70.7 cm³/mol. The molecule has 2 rings (SSSR count). The van der Waals surface area contributed by atoms with Crippen molar-refractivity contribution in [2.45, 2.75) is 13.5 Å². The Bertz CT molecular complexity index is 496. The lowest BCUT2D eigenvalue weighted by Gasteiger charge is -2.00. The van der Waals surface area contributed by atoms with E-state index in [1.165, 1.54) is 5.56 Å². The lowest BCUT2D eigenvalue weighted by atomic mass is 10.2. The summed E-state index contributed by atoms with van der Waals surface area (Å²) in [6, 6.07) is 6.29. The number of methoxy groups -OCH3 is 1. The molecule has 0 N–H and O–H groups in total.